The minimum atomic E-state index is -5.33. The third-order valence-electron chi connectivity index (χ3n) is 5.40. The fourth-order valence-corrected chi connectivity index (χ4v) is 6.22. The molecule has 208 valence electrons. The lowest BCUT2D eigenvalue weighted by molar-refractivity contribution is -0.132. The molecule has 37 heavy (non-hydrogen) atoms. The van der Waals surface area contributed by atoms with Crippen LogP contribution in [0.15, 0.2) is 11.1 Å². The zero-order valence-corrected chi connectivity index (χ0v) is 21.6. The summed E-state index contributed by atoms with van der Waals surface area (Å²) in [6.07, 6.45) is -11.5. The molecule has 2 aliphatic rings. The number of aliphatic hydroxyl groups excluding tert-OH is 5. The Bertz CT molecular complexity index is 1240. The fraction of sp³-hybridized carbons (Fsp3) is 0.667. The van der Waals surface area contributed by atoms with E-state index < -0.39 is 78.0 Å². The van der Waals surface area contributed by atoms with Gasteiger partial charge in [0.15, 0.2) is 34.2 Å². The van der Waals surface area contributed by atoms with Crippen LogP contribution in [0.5, 0.6) is 0 Å². The molecule has 2 unspecified atom stereocenters. The van der Waals surface area contributed by atoms with Crippen molar-refractivity contribution in [3.8, 4) is 0 Å². The fourth-order valence-electron chi connectivity index (χ4n) is 3.58. The molecule has 4 rings (SSSR count). The van der Waals surface area contributed by atoms with Crippen molar-refractivity contribution in [2.24, 2.45) is 0 Å². The van der Waals surface area contributed by atoms with Gasteiger partial charge >= 0.3 is 15.6 Å². The highest BCUT2D eigenvalue weighted by molar-refractivity contribution is 9.10. The molecule has 0 saturated carbocycles. The maximum absolute atomic E-state index is 12.2. The van der Waals surface area contributed by atoms with Crippen LogP contribution in [0.1, 0.15) is 6.23 Å². The Morgan fingerprint density at radius 2 is 1.51 bits per heavy atom. The monoisotopic (exact) mass is 637 g/mol. The van der Waals surface area contributed by atoms with E-state index in [1.807, 2.05) is 0 Å². The minimum absolute atomic E-state index is 0.0350. The molecule has 10 atom stereocenters. The summed E-state index contributed by atoms with van der Waals surface area (Å²) in [4.78, 5) is 31.5. The lowest BCUT2D eigenvalue weighted by Gasteiger charge is -2.20. The summed E-state index contributed by atoms with van der Waals surface area (Å²) in [6.45, 7) is -1.81. The highest BCUT2D eigenvalue weighted by Crippen LogP contribution is 2.60. The SMILES string of the molecule is Nc1ncnc2c1nc(Br)n2[C@@H]1O[C@H](COP(=O)(O)OP(=O)(O)OC[C@@H]2O[C@@H](O)[C@@H](O)[C@@H]2O)[C@@H](O)[C@H]1O. The molecule has 2 fully saturated rings. The van der Waals surface area contributed by atoms with E-state index in [0.717, 1.165) is 6.33 Å². The van der Waals surface area contributed by atoms with Crippen molar-refractivity contribution in [1.29, 1.82) is 0 Å². The van der Waals surface area contributed by atoms with E-state index in [1.54, 1.807) is 0 Å². The number of fused-ring (bicyclic) bond motifs is 1. The lowest BCUT2D eigenvalue weighted by atomic mass is 10.1. The number of hydrogen-bond acceptors (Lipinski definition) is 16. The molecule has 0 aliphatic carbocycles. The van der Waals surface area contributed by atoms with Gasteiger partial charge in [-0.1, -0.05) is 0 Å². The second-order valence-electron chi connectivity index (χ2n) is 7.88. The quantitative estimate of drug-likeness (QED) is 0.104. The number of imidazole rings is 1. The van der Waals surface area contributed by atoms with Crippen molar-refractivity contribution >= 4 is 48.6 Å². The van der Waals surface area contributed by atoms with Gasteiger partial charge in [-0.2, -0.15) is 4.31 Å². The first-order chi connectivity index (χ1) is 17.2. The lowest BCUT2D eigenvalue weighted by Crippen LogP contribution is -2.34. The molecule has 0 amide bonds. The van der Waals surface area contributed by atoms with E-state index in [4.69, 9.17) is 15.2 Å². The van der Waals surface area contributed by atoms with E-state index in [1.165, 1.54) is 4.57 Å². The highest BCUT2D eigenvalue weighted by Gasteiger charge is 2.47. The molecule has 4 heterocycles. The van der Waals surface area contributed by atoms with Crippen LogP contribution < -0.4 is 5.73 Å². The summed E-state index contributed by atoms with van der Waals surface area (Å²) >= 11 is 3.17. The van der Waals surface area contributed by atoms with Gasteiger partial charge in [-0.05, 0) is 15.9 Å². The number of aliphatic hydroxyl groups is 5. The predicted octanol–water partition coefficient (Wildman–Crippen LogP) is -2.52. The van der Waals surface area contributed by atoms with Gasteiger partial charge in [-0.3, -0.25) is 13.6 Å². The summed E-state index contributed by atoms with van der Waals surface area (Å²) < 4.78 is 49.1. The average Bonchev–Trinajstić information content (AvgIpc) is 3.38. The van der Waals surface area contributed by atoms with Gasteiger partial charge in [0.2, 0.25) is 0 Å². The first kappa shape index (κ1) is 28.8. The third kappa shape index (κ3) is 6.03. The van der Waals surface area contributed by atoms with Gasteiger partial charge in [0.1, 0.15) is 43.0 Å². The van der Waals surface area contributed by atoms with Gasteiger partial charge < -0.3 is 50.5 Å². The van der Waals surface area contributed by atoms with E-state index >= 15 is 0 Å². The van der Waals surface area contributed by atoms with E-state index in [-0.39, 0.29) is 21.7 Å². The Labute approximate surface area is 214 Å². The van der Waals surface area contributed by atoms with Crippen LogP contribution in [0.25, 0.3) is 11.2 Å². The smallest absolute Gasteiger partial charge is 0.387 e. The maximum Gasteiger partial charge on any atom is 0.481 e. The number of hydrogen-bond donors (Lipinski definition) is 8. The van der Waals surface area contributed by atoms with Crippen molar-refractivity contribution in [1.82, 2.24) is 19.5 Å². The van der Waals surface area contributed by atoms with Gasteiger partial charge in [-0.25, -0.2) is 24.1 Å². The van der Waals surface area contributed by atoms with Crippen LogP contribution in [-0.2, 0) is 32.0 Å². The van der Waals surface area contributed by atoms with Crippen LogP contribution >= 0.6 is 31.6 Å². The predicted molar refractivity (Wildman–Crippen MR) is 119 cm³/mol. The Morgan fingerprint density at radius 3 is 2.08 bits per heavy atom. The topological polar surface area (TPSA) is 292 Å². The Hall–Kier alpha value is -1.19. The first-order valence-electron chi connectivity index (χ1n) is 10.2. The van der Waals surface area contributed by atoms with Crippen LogP contribution in [0, 0.1) is 0 Å². The van der Waals surface area contributed by atoms with Gasteiger partial charge in [-0.15, -0.1) is 0 Å². The molecule has 0 aromatic carbocycles. The molecule has 0 radical (unpaired) electrons. The van der Waals surface area contributed by atoms with Gasteiger partial charge in [0.05, 0.1) is 13.2 Å². The van der Waals surface area contributed by atoms with E-state index in [0.29, 0.717) is 0 Å². The average molecular weight is 638 g/mol. The van der Waals surface area contributed by atoms with Gasteiger partial charge in [0, 0.05) is 0 Å². The molecule has 0 spiro atoms. The molecule has 0 bridgehead atoms. The molecule has 2 aromatic rings. The zero-order chi connectivity index (χ0) is 27.3. The summed E-state index contributed by atoms with van der Waals surface area (Å²) in [5, 5.41) is 49.2. The largest absolute Gasteiger partial charge is 0.481 e. The van der Waals surface area contributed by atoms with Gasteiger partial charge in [0.25, 0.3) is 0 Å². The third-order valence-corrected chi connectivity index (χ3v) is 8.56. The number of nitrogen functional groups attached to an aromatic ring is 1. The van der Waals surface area contributed by atoms with Crippen molar-refractivity contribution in [3.63, 3.8) is 0 Å². The Balaban J connectivity index is 1.36. The molecule has 22 heteroatoms. The summed E-state index contributed by atoms with van der Waals surface area (Å²) in [7, 11) is -10.6. The molecule has 9 N–H and O–H groups in total. The van der Waals surface area contributed by atoms with Crippen molar-refractivity contribution in [2.75, 3.05) is 18.9 Å². The van der Waals surface area contributed by atoms with Crippen LogP contribution in [0.2, 0.25) is 0 Å². The number of halogens is 1. The Morgan fingerprint density at radius 1 is 0.946 bits per heavy atom. The molecular weight excluding hydrogens is 616 g/mol. The number of rotatable bonds is 9. The van der Waals surface area contributed by atoms with Crippen molar-refractivity contribution in [2.45, 2.75) is 49.1 Å². The second kappa shape index (κ2) is 10.8. The normalized spacial score (nSPS) is 35.6. The van der Waals surface area contributed by atoms with E-state index in [9.17, 15) is 44.4 Å². The first-order valence-corrected chi connectivity index (χ1v) is 14.0. The standard InChI is InChI=1S/C15H22BrN5O14P2/c16-15-20-6-11(17)18-3-19-12(6)21(15)13-9(24)7(22)4(33-13)1-31-36(27,28)35-37(29,30)32-2-5-8(23)10(25)14(26)34-5/h3-5,7-10,13-14,22-26H,1-2H2,(H,27,28)(H,29,30)(H2,17,18,19)/t4-,5+,7-,8-,9-,10+,13-,14-/m1/s1. The zero-order valence-electron chi connectivity index (χ0n) is 18.2. The molecular formula is C15H22BrN5O14P2. The number of ether oxygens (including phenoxy) is 2. The van der Waals surface area contributed by atoms with Crippen LogP contribution in [0.3, 0.4) is 0 Å². The minimum Gasteiger partial charge on any atom is -0.387 e. The van der Waals surface area contributed by atoms with Crippen LogP contribution in [-0.4, -0.2) is 111 Å². The summed E-state index contributed by atoms with van der Waals surface area (Å²) in [5.74, 6) is 0.0350. The maximum atomic E-state index is 12.2. The second-order valence-corrected chi connectivity index (χ2v) is 11.6. The number of nitrogens with two attached hydrogens (primary N) is 1. The summed E-state index contributed by atoms with van der Waals surface area (Å²) in [6, 6.07) is 0. The molecule has 2 aromatic heterocycles. The number of aromatic nitrogens is 4. The Kier molecular flexibility index (Phi) is 8.38. The number of phosphoric acid groups is 2. The number of nitrogens with zero attached hydrogens (tertiary/aromatic N) is 4. The molecule has 2 saturated heterocycles. The highest BCUT2D eigenvalue weighted by atomic mass is 79.9. The number of phosphoric ester groups is 2. The summed E-state index contributed by atoms with van der Waals surface area (Å²) in [5.41, 5.74) is 6.07. The van der Waals surface area contributed by atoms with Crippen molar-refractivity contribution in [3.05, 3.63) is 11.1 Å². The van der Waals surface area contributed by atoms with Crippen molar-refractivity contribution < 1.29 is 67.3 Å². The van der Waals surface area contributed by atoms with E-state index in [2.05, 4.69) is 44.2 Å². The number of anilines is 1. The molecule has 19 nitrogen and oxygen atoms in total. The molecule has 2 aliphatic heterocycles. The van der Waals surface area contributed by atoms with Crippen LogP contribution in [0.4, 0.5) is 5.82 Å².